The predicted molar refractivity (Wildman–Crippen MR) is 126 cm³/mol. The van der Waals surface area contributed by atoms with Crippen LogP contribution < -0.4 is 15.5 Å². The lowest BCUT2D eigenvalue weighted by atomic mass is 9.96. The summed E-state index contributed by atoms with van der Waals surface area (Å²) in [7, 11) is 0. The molecule has 2 aromatic rings. The summed E-state index contributed by atoms with van der Waals surface area (Å²) in [5.74, 6) is -1.07. The van der Waals surface area contributed by atoms with Crippen molar-refractivity contribution in [3.8, 4) is 0 Å². The molecule has 9 heteroatoms. The van der Waals surface area contributed by atoms with Crippen molar-refractivity contribution in [2.24, 2.45) is 5.41 Å². The van der Waals surface area contributed by atoms with Crippen LogP contribution >= 0.6 is 11.3 Å². The number of nitrogens with zero attached hydrogens (tertiary/aromatic N) is 1. The number of rotatable bonds is 6. The predicted octanol–water partition coefficient (Wildman–Crippen LogP) is 3.37. The minimum Gasteiger partial charge on any atom is -0.454 e. The van der Waals surface area contributed by atoms with Gasteiger partial charge in [-0.25, -0.2) is 4.79 Å². The molecule has 1 fully saturated rings. The molecule has 0 saturated carbocycles. The minimum atomic E-state index is -0.627. The fourth-order valence-electron chi connectivity index (χ4n) is 3.90. The standard InChI is InChI=1S/C24H27N3O5S/c1-24(2,3)23(31)25-12-15-7-9-20(33-15)19(28)13-32-22(30)14-6-8-17-16(11-14)26-21(29)18-5-4-10-27(17)18/h6-9,11,18H,4-5,10,12-13H2,1-3H3,(H,25,31)(H,26,29). The monoisotopic (exact) mass is 469 g/mol. The van der Waals surface area contributed by atoms with Crippen molar-refractivity contribution >= 4 is 46.3 Å². The maximum absolute atomic E-state index is 12.5. The number of carbonyl (C=O) groups excluding carboxylic acids is 4. The SMILES string of the molecule is CC(C)(C)C(=O)NCc1ccc(C(=O)COC(=O)c2ccc3c(c2)NC(=O)C2CCCN32)s1. The van der Waals surface area contributed by atoms with E-state index in [0.717, 1.165) is 30.0 Å². The van der Waals surface area contributed by atoms with Crippen molar-refractivity contribution in [2.45, 2.75) is 46.2 Å². The zero-order valence-corrected chi connectivity index (χ0v) is 19.7. The van der Waals surface area contributed by atoms with E-state index in [-0.39, 0.29) is 35.8 Å². The highest BCUT2D eigenvalue weighted by Gasteiger charge is 2.36. The summed E-state index contributed by atoms with van der Waals surface area (Å²) in [5.41, 5.74) is 1.27. The molecule has 174 valence electrons. The van der Waals surface area contributed by atoms with Gasteiger partial charge in [0.2, 0.25) is 17.6 Å². The molecule has 2 aliphatic heterocycles. The van der Waals surface area contributed by atoms with Gasteiger partial charge in [0, 0.05) is 16.8 Å². The fraction of sp³-hybridized carbons (Fsp3) is 0.417. The topological polar surface area (TPSA) is 105 Å². The summed E-state index contributed by atoms with van der Waals surface area (Å²) in [5, 5.41) is 5.71. The summed E-state index contributed by atoms with van der Waals surface area (Å²) in [6, 6.07) is 8.35. The minimum absolute atomic E-state index is 0.0621. The normalized spacial score (nSPS) is 17.1. The van der Waals surface area contributed by atoms with Gasteiger partial charge in [-0.05, 0) is 43.2 Å². The number of ether oxygens (including phenoxy) is 1. The van der Waals surface area contributed by atoms with Crippen molar-refractivity contribution in [3.63, 3.8) is 0 Å². The average molecular weight is 470 g/mol. The highest BCUT2D eigenvalue weighted by molar-refractivity contribution is 7.14. The van der Waals surface area contributed by atoms with Crippen molar-refractivity contribution in [1.82, 2.24) is 5.32 Å². The van der Waals surface area contributed by atoms with Crippen LogP contribution in [0, 0.1) is 5.41 Å². The average Bonchev–Trinajstić information content (AvgIpc) is 3.45. The second kappa shape index (κ2) is 8.97. The summed E-state index contributed by atoms with van der Waals surface area (Å²) < 4.78 is 5.22. The molecular formula is C24H27N3O5S. The number of Topliss-reactive ketones (excluding diaryl/α,β-unsaturated/α-hetero) is 1. The first-order chi connectivity index (χ1) is 15.6. The zero-order valence-electron chi connectivity index (χ0n) is 18.9. The van der Waals surface area contributed by atoms with Gasteiger partial charge in [-0.3, -0.25) is 14.4 Å². The van der Waals surface area contributed by atoms with Gasteiger partial charge in [-0.2, -0.15) is 0 Å². The second-order valence-corrected chi connectivity index (χ2v) is 10.4. The number of ketones is 1. The number of thiophene rings is 1. The van der Waals surface area contributed by atoms with E-state index in [4.69, 9.17) is 4.74 Å². The van der Waals surface area contributed by atoms with Gasteiger partial charge in [0.15, 0.2) is 6.61 Å². The van der Waals surface area contributed by atoms with Crippen LogP contribution in [0.5, 0.6) is 0 Å². The Morgan fingerprint density at radius 2 is 2.00 bits per heavy atom. The maximum Gasteiger partial charge on any atom is 0.338 e. The van der Waals surface area contributed by atoms with E-state index in [1.54, 1.807) is 24.3 Å². The molecule has 2 aliphatic rings. The molecule has 4 rings (SSSR count). The van der Waals surface area contributed by atoms with E-state index in [9.17, 15) is 19.2 Å². The van der Waals surface area contributed by atoms with E-state index < -0.39 is 11.4 Å². The number of nitrogens with one attached hydrogen (secondary N) is 2. The Morgan fingerprint density at radius 1 is 1.21 bits per heavy atom. The van der Waals surface area contributed by atoms with Gasteiger partial charge >= 0.3 is 5.97 Å². The Balaban J connectivity index is 1.33. The molecule has 1 aromatic heterocycles. The molecule has 0 spiro atoms. The third kappa shape index (κ3) is 4.93. The first-order valence-electron chi connectivity index (χ1n) is 10.9. The Hall–Kier alpha value is -3.20. The van der Waals surface area contributed by atoms with Crippen LogP contribution in [-0.4, -0.2) is 42.8 Å². The largest absolute Gasteiger partial charge is 0.454 e. The Morgan fingerprint density at radius 3 is 2.76 bits per heavy atom. The van der Waals surface area contributed by atoms with E-state index >= 15 is 0 Å². The number of amides is 2. The number of anilines is 2. The highest BCUT2D eigenvalue weighted by Crippen LogP contribution is 2.37. The molecule has 1 saturated heterocycles. The summed E-state index contributed by atoms with van der Waals surface area (Å²) in [6.07, 6.45) is 1.78. The molecule has 2 amide bonds. The lowest BCUT2D eigenvalue weighted by molar-refractivity contribution is -0.128. The number of carbonyl (C=O) groups is 4. The summed E-state index contributed by atoms with van der Waals surface area (Å²) in [4.78, 5) is 52.6. The maximum atomic E-state index is 12.5. The van der Waals surface area contributed by atoms with Crippen LogP contribution in [0.25, 0.3) is 0 Å². The van der Waals surface area contributed by atoms with Crippen LogP contribution in [0.15, 0.2) is 30.3 Å². The van der Waals surface area contributed by atoms with Crippen LogP contribution in [0.2, 0.25) is 0 Å². The third-order valence-electron chi connectivity index (χ3n) is 5.73. The molecular weight excluding hydrogens is 442 g/mol. The summed E-state index contributed by atoms with van der Waals surface area (Å²) in [6.45, 7) is 6.27. The van der Waals surface area contributed by atoms with Gasteiger partial charge in [-0.15, -0.1) is 11.3 Å². The third-order valence-corrected chi connectivity index (χ3v) is 6.86. The molecule has 8 nitrogen and oxygen atoms in total. The number of hydrogen-bond donors (Lipinski definition) is 2. The van der Waals surface area contributed by atoms with Crippen molar-refractivity contribution in [1.29, 1.82) is 0 Å². The number of hydrogen-bond acceptors (Lipinski definition) is 7. The Labute approximate surface area is 196 Å². The van der Waals surface area contributed by atoms with Gasteiger partial charge in [0.1, 0.15) is 6.04 Å². The van der Waals surface area contributed by atoms with E-state index in [1.807, 2.05) is 26.8 Å². The van der Waals surface area contributed by atoms with E-state index in [2.05, 4.69) is 15.5 Å². The number of fused-ring (bicyclic) bond motifs is 3. The van der Waals surface area contributed by atoms with Crippen LogP contribution in [0.1, 0.15) is 58.5 Å². The van der Waals surface area contributed by atoms with Gasteiger partial charge in [-0.1, -0.05) is 20.8 Å². The lowest BCUT2D eigenvalue weighted by Crippen LogP contribution is -2.43. The van der Waals surface area contributed by atoms with Gasteiger partial charge < -0.3 is 20.3 Å². The second-order valence-electron chi connectivity index (χ2n) is 9.27. The van der Waals surface area contributed by atoms with Crippen LogP contribution in [-0.2, 0) is 20.9 Å². The van der Waals surface area contributed by atoms with E-state index in [1.165, 1.54) is 11.3 Å². The van der Waals surface area contributed by atoms with Crippen LogP contribution in [0.3, 0.4) is 0 Å². The Kier molecular flexibility index (Phi) is 6.25. The summed E-state index contributed by atoms with van der Waals surface area (Å²) >= 11 is 1.26. The molecule has 0 bridgehead atoms. The molecule has 1 unspecified atom stereocenters. The van der Waals surface area contributed by atoms with Crippen molar-refractivity contribution in [2.75, 3.05) is 23.4 Å². The van der Waals surface area contributed by atoms with Crippen LogP contribution in [0.4, 0.5) is 11.4 Å². The fourth-order valence-corrected chi connectivity index (χ4v) is 4.77. The smallest absolute Gasteiger partial charge is 0.338 e. The molecule has 2 N–H and O–H groups in total. The van der Waals surface area contributed by atoms with Crippen molar-refractivity contribution < 1.29 is 23.9 Å². The molecule has 0 radical (unpaired) electrons. The molecule has 3 heterocycles. The van der Waals surface area contributed by atoms with E-state index in [0.29, 0.717) is 17.1 Å². The molecule has 1 aromatic carbocycles. The molecule has 1 atom stereocenters. The molecule has 33 heavy (non-hydrogen) atoms. The highest BCUT2D eigenvalue weighted by atomic mass is 32.1. The number of esters is 1. The quantitative estimate of drug-likeness (QED) is 0.497. The first-order valence-corrected chi connectivity index (χ1v) is 11.7. The van der Waals surface area contributed by atoms with Gasteiger partial charge in [0.25, 0.3) is 0 Å². The zero-order chi connectivity index (χ0) is 23.8. The van der Waals surface area contributed by atoms with Crippen molar-refractivity contribution in [3.05, 3.63) is 45.6 Å². The Bertz CT molecular complexity index is 1120. The van der Waals surface area contributed by atoms with Gasteiger partial charge in [0.05, 0.1) is 28.4 Å². The molecule has 0 aliphatic carbocycles. The number of benzene rings is 1. The first kappa shape index (κ1) is 23.0. The lowest BCUT2D eigenvalue weighted by Gasteiger charge is -2.33.